The van der Waals surface area contributed by atoms with Gasteiger partial charge >= 0.3 is 0 Å². The first-order chi connectivity index (χ1) is 5.61. The normalized spacial score (nSPS) is 25.3. The number of hydrogen-bond acceptors (Lipinski definition) is 3. The van der Waals surface area contributed by atoms with Crippen molar-refractivity contribution in [1.82, 2.24) is 15.2 Å². The van der Waals surface area contributed by atoms with Gasteiger partial charge in [0.25, 0.3) is 5.92 Å². The van der Waals surface area contributed by atoms with Gasteiger partial charge in [-0.25, -0.2) is 13.8 Å². The van der Waals surface area contributed by atoms with Crippen molar-refractivity contribution in [2.45, 2.75) is 12.3 Å². The van der Waals surface area contributed by atoms with Crippen molar-refractivity contribution in [1.29, 1.82) is 0 Å². The van der Waals surface area contributed by atoms with Gasteiger partial charge in [0.05, 0.1) is 5.92 Å². The van der Waals surface area contributed by atoms with Gasteiger partial charge in [-0.15, -0.1) is 0 Å². The van der Waals surface area contributed by atoms with Crippen LogP contribution in [0.25, 0.3) is 0 Å². The number of carbonyl (C=O) groups excluding carboxylic acids is 1. The molecule has 1 heterocycles. The topological polar surface area (TPSA) is 58.6 Å². The molecule has 0 aliphatic heterocycles. The number of nitrogens with zero attached hydrogens (tertiary/aromatic N) is 2. The first-order valence-electron chi connectivity index (χ1n) is 3.38. The van der Waals surface area contributed by atoms with E-state index in [-0.39, 0.29) is 12.2 Å². The number of Topliss-reactive ketones (excluding diaryl/α,β-unsaturated/α-hetero) is 1. The average molecular weight is 173 g/mol. The number of halogens is 2. The number of nitrogens with one attached hydrogen (secondary N) is 1. The summed E-state index contributed by atoms with van der Waals surface area (Å²) in [6, 6.07) is 0. The van der Waals surface area contributed by atoms with Crippen LogP contribution in [0.4, 0.5) is 8.78 Å². The summed E-state index contributed by atoms with van der Waals surface area (Å²) in [4.78, 5) is 14.6. The molecule has 6 heteroatoms. The smallest absolute Gasteiger partial charge is 0.259 e. The number of carbonyl (C=O) groups is 1. The van der Waals surface area contributed by atoms with Gasteiger partial charge in [-0.05, 0) is 0 Å². The van der Waals surface area contributed by atoms with Gasteiger partial charge in [-0.2, -0.15) is 5.10 Å². The fraction of sp³-hybridized carbons (Fsp3) is 0.500. The fourth-order valence-corrected chi connectivity index (χ4v) is 0.987. The van der Waals surface area contributed by atoms with Gasteiger partial charge in [-0.1, -0.05) is 0 Å². The zero-order chi connectivity index (χ0) is 8.77. The Morgan fingerprint density at radius 1 is 1.75 bits per heavy atom. The van der Waals surface area contributed by atoms with Crippen LogP contribution in [0, 0.1) is 5.92 Å². The average Bonchev–Trinajstić information content (AvgIpc) is 2.56. The summed E-state index contributed by atoms with van der Waals surface area (Å²) < 4.78 is 24.7. The summed E-state index contributed by atoms with van der Waals surface area (Å²) in [5, 5.41) is 5.65. The fourth-order valence-electron chi connectivity index (χ4n) is 0.987. The molecule has 1 aromatic heterocycles. The van der Waals surface area contributed by atoms with E-state index in [0.29, 0.717) is 0 Å². The minimum atomic E-state index is -2.83. The molecule has 1 aromatic rings. The number of alkyl halides is 2. The van der Waals surface area contributed by atoms with Crippen LogP contribution in [-0.2, 0) is 0 Å². The summed E-state index contributed by atoms with van der Waals surface area (Å²) in [5.41, 5.74) is 0. The Balaban J connectivity index is 2.14. The molecule has 0 spiro atoms. The van der Waals surface area contributed by atoms with E-state index in [9.17, 15) is 13.6 Å². The monoisotopic (exact) mass is 173 g/mol. The molecule has 0 bridgehead atoms. The summed E-state index contributed by atoms with van der Waals surface area (Å²) in [5.74, 6) is -4.76. The minimum Gasteiger partial charge on any atom is -0.290 e. The molecule has 1 N–H and O–H groups in total. The van der Waals surface area contributed by atoms with Crippen LogP contribution in [0.15, 0.2) is 6.33 Å². The molecule has 0 radical (unpaired) electrons. The van der Waals surface area contributed by atoms with E-state index < -0.39 is 17.6 Å². The Morgan fingerprint density at radius 2 is 2.42 bits per heavy atom. The van der Waals surface area contributed by atoms with Crippen molar-refractivity contribution in [3.05, 3.63) is 12.2 Å². The Morgan fingerprint density at radius 3 is 2.83 bits per heavy atom. The van der Waals surface area contributed by atoms with Crippen LogP contribution in [-0.4, -0.2) is 26.9 Å². The summed E-state index contributed by atoms with van der Waals surface area (Å²) >= 11 is 0. The standard InChI is InChI=1S/C6H5F2N3O/c7-6(8)1-3(6)4(12)5-9-2-10-11-5/h2-3H,1H2,(H,9,10,11). The molecular formula is C6H5F2N3O. The van der Waals surface area contributed by atoms with Crippen molar-refractivity contribution < 1.29 is 13.6 Å². The highest BCUT2D eigenvalue weighted by Gasteiger charge is 2.61. The maximum atomic E-state index is 12.4. The molecule has 12 heavy (non-hydrogen) atoms. The molecule has 1 atom stereocenters. The van der Waals surface area contributed by atoms with Crippen LogP contribution >= 0.6 is 0 Å². The second kappa shape index (κ2) is 2.09. The maximum absolute atomic E-state index is 12.4. The van der Waals surface area contributed by atoms with Crippen molar-refractivity contribution in [2.24, 2.45) is 5.92 Å². The number of aromatic nitrogens is 3. The SMILES string of the molecule is O=C(c1ncn[nH]1)C1CC1(F)F. The second-order valence-corrected chi connectivity index (χ2v) is 2.72. The van der Waals surface area contributed by atoms with Crippen LogP contribution in [0.3, 0.4) is 0 Å². The van der Waals surface area contributed by atoms with Gasteiger partial charge in [-0.3, -0.25) is 9.89 Å². The molecule has 1 saturated carbocycles. The van der Waals surface area contributed by atoms with Crippen LogP contribution in [0.5, 0.6) is 0 Å². The quantitative estimate of drug-likeness (QED) is 0.667. The Kier molecular flexibility index (Phi) is 1.27. The Hall–Kier alpha value is -1.33. The van der Waals surface area contributed by atoms with Crippen LogP contribution < -0.4 is 0 Å². The van der Waals surface area contributed by atoms with E-state index in [0.717, 1.165) is 6.33 Å². The van der Waals surface area contributed by atoms with Gasteiger partial charge in [0.15, 0.2) is 5.82 Å². The number of hydrogen-bond donors (Lipinski definition) is 1. The third-order valence-corrected chi connectivity index (χ3v) is 1.79. The summed E-state index contributed by atoms with van der Waals surface area (Å²) in [6.45, 7) is 0. The van der Waals surface area contributed by atoms with E-state index in [4.69, 9.17) is 0 Å². The van der Waals surface area contributed by atoms with Crippen LogP contribution in [0.1, 0.15) is 17.0 Å². The largest absolute Gasteiger partial charge is 0.290 e. The van der Waals surface area contributed by atoms with E-state index in [1.54, 1.807) is 0 Å². The Labute approximate surface area is 66.0 Å². The second-order valence-electron chi connectivity index (χ2n) is 2.72. The molecule has 1 fully saturated rings. The molecule has 0 aromatic carbocycles. The van der Waals surface area contributed by atoms with E-state index in [2.05, 4.69) is 15.2 Å². The number of rotatable bonds is 2. The van der Waals surface area contributed by atoms with Crippen LogP contribution in [0.2, 0.25) is 0 Å². The lowest BCUT2D eigenvalue weighted by Crippen LogP contribution is -2.09. The maximum Gasteiger partial charge on any atom is 0.259 e. The summed E-state index contributed by atoms with van der Waals surface area (Å²) in [6.07, 6.45) is 0.750. The minimum absolute atomic E-state index is 0.0859. The van der Waals surface area contributed by atoms with E-state index in [1.807, 2.05) is 0 Å². The first kappa shape index (κ1) is 7.33. The van der Waals surface area contributed by atoms with Crippen molar-refractivity contribution in [3.63, 3.8) is 0 Å². The number of aromatic amines is 1. The highest BCUT2D eigenvalue weighted by molar-refractivity contribution is 5.97. The lowest BCUT2D eigenvalue weighted by atomic mass is 10.2. The molecule has 1 aliphatic carbocycles. The molecule has 0 saturated heterocycles. The van der Waals surface area contributed by atoms with Gasteiger partial charge in [0.1, 0.15) is 6.33 Å². The molecule has 64 valence electrons. The third kappa shape index (κ3) is 0.992. The zero-order valence-electron chi connectivity index (χ0n) is 5.92. The highest BCUT2D eigenvalue weighted by Crippen LogP contribution is 2.49. The summed E-state index contributed by atoms with van der Waals surface area (Å²) in [7, 11) is 0. The number of ketones is 1. The molecule has 1 unspecified atom stereocenters. The lowest BCUT2D eigenvalue weighted by Gasteiger charge is -1.92. The van der Waals surface area contributed by atoms with Gasteiger partial charge in [0.2, 0.25) is 5.78 Å². The first-order valence-corrected chi connectivity index (χ1v) is 3.38. The molecule has 2 rings (SSSR count). The van der Waals surface area contributed by atoms with Crippen molar-refractivity contribution >= 4 is 5.78 Å². The molecule has 4 nitrogen and oxygen atoms in total. The zero-order valence-corrected chi connectivity index (χ0v) is 5.92. The molecule has 0 amide bonds. The lowest BCUT2D eigenvalue weighted by molar-refractivity contribution is 0.0749. The van der Waals surface area contributed by atoms with Crippen molar-refractivity contribution in [2.75, 3.05) is 0 Å². The predicted molar refractivity (Wildman–Crippen MR) is 33.8 cm³/mol. The third-order valence-electron chi connectivity index (χ3n) is 1.79. The van der Waals surface area contributed by atoms with Gasteiger partial charge in [0, 0.05) is 6.42 Å². The number of H-pyrrole nitrogens is 1. The van der Waals surface area contributed by atoms with E-state index in [1.165, 1.54) is 0 Å². The molecule has 1 aliphatic rings. The highest BCUT2D eigenvalue weighted by atomic mass is 19.3. The van der Waals surface area contributed by atoms with E-state index >= 15 is 0 Å². The van der Waals surface area contributed by atoms with Crippen molar-refractivity contribution in [3.8, 4) is 0 Å². The Bertz CT molecular complexity index is 309. The van der Waals surface area contributed by atoms with Gasteiger partial charge < -0.3 is 0 Å². The molecular weight excluding hydrogens is 168 g/mol. The predicted octanol–water partition coefficient (Wildman–Crippen LogP) is 0.643.